The van der Waals surface area contributed by atoms with Crippen molar-refractivity contribution < 1.29 is 0 Å². The third-order valence-corrected chi connectivity index (χ3v) is 4.20. The lowest BCUT2D eigenvalue weighted by Gasteiger charge is -2.08. The monoisotopic (exact) mass is 274 g/mol. The predicted octanol–water partition coefficient (Wildman–Crippen LogP) is 1.32. The fourth-order valence-electron chi connectivity index (χ4n) is 1.19. The van der Waals surface area contributed by atoms with Gasteiger partial charge in [-0.25, -0.2) is 0 Å². The van der Waals surface area contributed by atoms with Gasteiger partial charge in [0.2, 0.25) is 5.16 Å². The lowest BCUT2D eigenvalue weighted by molar-refractivity contribution is 0.639. The number of nitrogens with zero attached hydrogens (tertiary/aromatic N) is 3. The summed E-state index contributed by atoms with van der Waals surface area (Å²) in [5.41, 5.74) is 0.167. The first-order valence-electron chi connectivity index (χ1n) is 5.53. The summed E-state index contributed by atoms with van der Waals surface area (Å²) in [6.07, 6.45) is 0. The molecule has 1 heterocycles. The minimum absolute atomic E-state index is 0.0412. The average molecular weight is 274 g/mol. The number of hydrogen-bond acceptors (Lipinski definition) is 6. The van der Waals surface area contributed by atoms with Crippen LogP contribution < -0.4 is 11.4 Å². The topological polar surface area (TPSA) is 73.8 Å². The predicted molar refractivity (Wildman–Crippen MR) is 74.3 cm³/mol. The molecule has 96 valence electrons. The maximum Gasteiger partial charge on any atom is 0.294 e. The summed E-state index contributed by atoms with van der Waals surface area (Å²) in [5, 5.41) is 8.43. The van der Waals surface area contributed by atoms with Gasteiger partial charge in [-0.1, -0.05) is 32.5 Å². The highest BCUT2D eigenvalue weighted by Crippen LogP contribution is 2.14. The van der Waals surface area contributed by atoms with Crippen molar-refractivity contribution in [3.63, 3.8) is 0 Å². The summed E-state index contributed by atoms with van der Waals surface area (Å²) >= 11 is 3.31. The van der Waals surface area contributed by atoms with Gasteiger partial charge < -0.3 is 5.84 Å². The van der Waals surface area contributed by atoms with E-state index >= 15 is 0 Å². The second-order valence-corrected chi connectivity index (χ2v) is 6.20. The molecule has 2 N–H and O–H groups in total. The number of hydrogen-bond donors (Lipinski definition) is 1. The lowest BCUT2D eigenvalue weighted by Crippen LogP contribution is -2.34. The molecule has 5 nitrogen and oxygen atoms in total. The molecule has 17 heavy (non-hydrogen) atoms. The SMILES string of the molecule is CCSCCSc1nnc(C(C)C)c(=O)n1N. The molecule has 1 rings (SSSR count). The molecule has 0 fully saturated rings. The molecule has 0 atom stereocenters. The Labute approximate surface area is 110 Å². The smallest absolute Gasteiger partial charge is 0.294 e. The van der Waals surface area contributed by atoms with Gasteiger partial charge >= 0.3 is 0 Å². The van der Waals surface area contributed by atoms with Crippen LogP contribution in [0, 0.1) is 0 Å². The molecule has 0 bridgehead atoms. The van der Waals surface area contributed by atoms with Crippen LogP contribution in [0.5, 0.6) is 0 Å². The number of nitrogens with two attached hydrogens (primary N) is 1. The Hall–Kier alpha value is -0.690. The molecule has 0 aliphatic heterocycles. The zero-order valence-corrected chi connectivity index (χ0v) is 12.0. The Morgan fingerprint density at radius 1 is 1.35 bits per heavy atom. The van der Waals surface area contributed by atoms with Crippen LogP contribution in [0.4, 0.5) is 0 Å². The van der Waals surface area contributed by atoms with Gasteiger partial charge in [-0.15, -0.1) is 10.2 Å². The van der Waals surface area contributed by atoms with Crippen LogP contribution in [-0.4, -0.2) is 32.1 Å². The maximum absolute atomic E-state index is 11.8. The molecule has 0 saturated carbocycles. The van der Waals surface area contributed by atoms with Crippen LogP contribution in [0.1, 0.15) is 32.4 Å². The highest BCUT2D eigenvalue weighted by atomic mass is 32.2. The van der Waals surface area contributed by atoms with Crippen LogP contribution in [-0.2, 0) is 0 Å². The maximum atomic E-state index is 11.8. The molecule has 7 heteroatoms. The molecule has 0 spiro atoms. The van der Waals surface area contributed by atoms with Crippen LogP contribution in [0.25, 0.3) is 0 Å². The molecule has 1 aromatic rings. The molecule has 0 amide bonds. The fourth-order valence-corrected chi connectivity index (χ4v) is 2.79. The van der Waals surface area contributed by atoms with Crippen LogP contribution in [0.3, 0.4) is 0 Å². The molecular formula is C10H18N4OS2. The van der Waals surface area contributed by atoms with E-state index in [1.54, 1.807) is 0 Å². The van der Waals surface area contributed by atoms with Crippen molar-refractivity contribution in [2.24, 2.45) is 0 Å². The first-order chi connectivity index (χ1) is 8.07. The van der Waals surface area contributed by atoms with Gasteiger partial charge in [0.05, 0.1) is 0 Å². The second-order valence-electron chi connectivity index (χ2n) is 3.74. The molecule has 0 aromatic carbocycles. The summed E-state index contributed by atoms with van der Waals surface area (Å²) in [7, 11) is 0. The summed E-state index contributed by atoms with van der Waals surface area (Å²) < 4.78 is 1.10. The molecule has 0 radical (unpaired) electrons. The molecule has 0 unspecified atom stereocenters. The molecule has 1 aromatic heterocycles. The lowest BCUT2D eigenvalue weighted by atomic mass is 10.1. The summed E-state index contributed by atoms with van der Waals surface area (Å²) in [4.78, 5) is 11.8. The van der Waals surface area contributed by atoms with Gasteiger partial charge in [0.15, 0.2) is 0 Å². The van der Waals surface area contributed by atoms with Gasteiger partial charge in [0.1, 0.15) is 5.69 Å². The van der Waals surface area contributed by atoms with Crippen molar-refractivity contribution in [1.82, 2.24) is 14.9 Å². The van der Waals surface area contributed by atoms with Crippen molar-refractivity contribution in [3.05, 3.63) is 16.0 Å². The van der Waals surface area contributed by atoms with Crippen LogP contribution in [0.15, 0.2) is 9.95 Å². The van der Waals surface area contributed by atoms with Gasteiger partial charge in [-0.05, 0) is 5.75 Å². The van der Waals surface area contributed by atoms with Crippen molar-refractivity contribution >= 4 is 23.5 Å². The number of thioether (sulfide) groups is 2. The normalized spacial score (nSPS) is 11.1. The van der Waals surface area contributed by atoms with Crippen molar-refractivity contribution in [2.75, 3.05) is 23.1 Å². The van der Waals surface area contributed by atoms with E-state index in [1.807, 2.05) is 25.6 Å². The van der Waals surface area contributed by atoms with E-state index in [-0.39, 0.29) is 11.5 Å². The van der Waals surface area contributed by atoms with Gasteiger partial charge in [-0.2, -0.15) is 16.4 Å². The second kappa shape index (κ2) is 6.90. The highest BCUT2D eigenvalue weighted by molar-refractivity contribution is 8.02. The number of aromatic nitrogens is 3. The minimum atomic E-state index is -0.249. The van der Waals surface area contributed by atoms with E-state index in [1.165, 1.54) is 11.8 Å². The van der Waals surface area contributed by atoms with E-state index < -0.39 is 0 Å². The van der Waals surface area contributed by atoms with E-state index in [0.717, 1.165) is 21.9 Å². The zero-order chi connectivity index (χ0) is 12.8. The first kappa shape index (κ1) is 14.4. The van der Waals surface area contributed by atoms with E-state index in [2.05, 4.69) is 17.1 Å². The number of nitrogen functional groups attached to an aromatic ring is 1. The number of rotatable bonds is 6. The van der Waals surface area contributed by atoms with Crippen LogP contribution in [0.2, 0.25) is 0 Å². The minimum Gasteiger partial charge on any atom is -0.334 e. The zero-order valence-electron chi connectivity index (χ0n) is 10.3. The molecular weight excluding hydrogens is 256 g/mol. The fraction of sp³-hybridized carbons (Fsp3) is 0.700. The highest BCUT2D eigenvalue weighted by Gasteiger charge is 2.12. The van der Waals surface area contributed by atoms with E-state index in [0.29, 0.717) is 10.9 Å². The molecule has 0 saturated heterocycles. The Morgan fingerprint density at radius 2 is 2.06 bits per heavy atom. The Morgan fingerprint density at radius 3 is 2.65 bits per heavy atom. The third-order valence-electron chi connectivity index (χ3n) is 2.10. The third kappa shape index (κ3) is 3.92. The largest absolute Gasteiger partial charge is 0.334 e. The first-order valence-corrected chi connectivity index (χ1v) is 7.67. The Balaban J connectivity index is 2.75. The Bertz CT molecular complexity index is 419. The van der Waals surface area contributed by atoms with Crippen molar-refractivity contribution in [2.45, 2.75) is 31.8 Å². The standard InChI is InChI=1S/C10H18N4OS2/c1-4-16-5-6-17-10-13-12-8(7(2)3)9(15)14(10)11/h7H,4-6,11H2,1-3H3. The van der Waals surface area contributed by atoms with Gasteiger partial charge in [0, 0.05) is 17.4 Å². The van der Waals surface area contributed by atoms with Gasteiger partial charge in [-0.3, -0.25) is 4.79 Å². The van der Waals surface area contributed by atoms with E-state index in [4.69, 9.17) is 5.84 Å². The van der Waals surface area contributed by atoms with Crippen molar-refractivity contribution in [1.29, 1.82) is 0 Å². The van der Waals surface area contributed by atoms with Crippen molar-refractivity contribution in [3.8, 4) is 0 Å². The van der Waals surface area contributed by atoms with Crippen LogP contribution >= 0.6 is 23.5 Å². The molecule has 0 aliphatic rings. The summed E-state index contributed by atoms with van der Waals surface area (Å²) in [5.74, 6) is 8.74. The summed E-state index contributed by atoms with van der Waals surface area (Å²) in [6.45, 7) is 5.91. The quantitative estimate of drug-likeness (QED) is 0.479. The van der Waals surface area contributed by atoms with Gasteiger partial charge in [0.25, 0.3) is 5.56 Å². The Kier molecular flexibility index (Phi) is 5.84. The average Bonchev–Trinajstić information content (AvgIpc) is 2.29. The molecule has 0 aliphatic carbocycles. The van der Waals surface area contributed by atoms with E-state index in [9.17, 15) is 4.79 Å². The summed E-state index contributed by atoms with van der Waals surface area (Å²) in [6, 6.07) is 0.